The third-order valence-corrected chi connectivity index (χ3v) is 2.16. The molecule has 0 saturated carbocycles. The van der Waals surface area contributed by atoms with E-state index in [0.717, 1.165) is 13.3 Å². The SMILES string of the molecule is C1=Cc2c1cn1c2COC1. The topological polar surface area (TPSA) is 14.2 Å². The van der Waals surface area contributed by atoms with Crippen LogP contribution in [0.3, 0.4) is 0 Å². The van der Waals surface area contributed by atoms with E-state index in [1.54, 1.807) is 0 Å². The highest BCUT2D eigenvalue weighted by Crippen LogP contribution is 2.31. The van der Waals surface area contributed by atoms with Gasteiger partial charge in [0.25, 0.3) is 0 Å². The summed E-state index contributed by atoms with van der Waals surface area (Å²) in [7, 11) is 0. The maximum absolute atomic E-state index is 5.25. The van der Waals surface area contributed by atoms with E-state index in [4.69, 9.17) is 4.74 Å². The second-order valence-corrected chi connectivity index (χ2v) is 2.73. The molecular formula is C8H7NO. The summed E-state index contributed by atoms with van der Waals surface area (Å²) in [6.07, 6.45) is 6.44. The molecular weight excluding hydrogens is 126 g/mol. The third-order valence-electron chi connectivity index (χ3n) is 2.16. The van der Waals surface area contributed by atoms with Crippen molar-refractivity contribution in [1.82, 2.24) is 4.57 Å². The van der Waals surface area contributed by atoms with Crippen LogP contribution in [0.15, 0.2) is 6.20 Å². The molecule has 0 bridgehead atoms. The number of hydrogen-bond acceptors (Lipinski definition) is 1. The van der Waals surface area contributed by atoms with Gasteiger partial charge in [0, 0.05) is 11.8 Å². The zero-order valence-corrected chi connectivity index (χ0v) is 5.50. The van der Waals surface area contributed by atoms with Crippen molar-refractivity contribution in [3.63, 3.8) is 0 Å². The Kier molecular flexibility index (Phi) is 0.640. The second kappa shape index (κ2) is 1.35. The van der Waals surface area contributed by atoms with Crippen molar-refractivity contribution >= 4 is 12.2 Å². The van der Waals surface area contributed by atoms with Crippen LogP contribution in [0, 0.1) is 0 Å². The molecule has 3 rings (SSSR count). The Morgan fingerprint density at radius 3 is 3.20 bits per heavy atom. The minimum Gasteiger partial charge on any atom is -0.355 e. The van der Waals surface area contributed by atoms with E-state index in [9.17, 15) is 0 Å². The van der Waals surface area contributed by atoms with Crippen molar-refractivity contribution in [2.45, 2.75) is 13.3 Å². The summed E-state index contributed by atoms with van der Waals surface area (Å²) in [6, 6.07) is 0. The summed E-state index contributed by atoms with van der Waals surface area (Å²) < 4.78 is 7.42. The number of rotatable bonds is 0. The molecule has 0 unspecified atom stereocenters. The number of nitrogens with zero attached hydrogens (tertiary/aromatic N) is 1. The van der Waals surface area contributed by atoms with Gasteiger partial charge in [0.05, 0.1) is 12.3 Å². The molecule has 1 aromatic heterocycles. The molecule has 50 valence electrons. The van der Waals surface area contributed by atoms with Crippen LogP contribution in [0.25, 0.3) is 12.2 Å². The first-order valence-corrected chi connectivity index (χ1v) is 3.43. The van der Waals surface area contributed by atoms with Gasteiger partial charge in [-0.1, -0.05) is 12.2 Å². The van der Waals surface area contributed by atoms with Gasteiger partial charge >= 0.3 is 0 Å². The van der Waals surface area contributed by atoms with Gasteiger partial charge in [-0.15, -0.1) is 0 Å². The zero-order valence-electron chi connectivity index (χ0n) is 5.50. The Labute approximate surface area is 58.7 Å². The van der Waals surface area contributed by atoms with Gasteiger partial charge < -0.3 is 9.30 Å². The maximum Gasteiger partial charge on any atom is 0.123 e. The highest BCUT2D eigenvalue weighted by atomic mass is 16.5. The zero-order chi connectivity index (χ0) is 6.55. The Balaban J connectivity index is 2.32. The van der Waals surface area contributed by atoms with Crippen molar-refractivity contribution in [3.8, 4) is 0 Å². The average molecular weight is 133 g/mol. The van der Waals surface area contributed by atoms with Crippen molar-refractivity contribution in [3.05, 3.63) is 23.0 Å². The molecule has 0 spiro atoms. The molecule has 0 amide bonds. The molecule has 1 aliphatic heterocycles. The molecule has 10 heavy (non-hydrogen) atoms. The van der Waals surface area contributed by atoms with Crippen LogP contribution in [-0.4, -0.2) is 4.57 Å². The van der Waals surface area contributed by atoms with E-state index in [1.165, 1.54) is 16.8 Å². The number of ether oxygens (including phenoxy) is 1. The van der Waals surface area contributed by atoms with E-state index in [1.807, 2.05) is 0 Å². The predicted molar refractivity (Wildman–Crippen MR) is 38.1 cm³/mol. The first kappa shape index (κ1) is 4.74. The van der Waals surface area contributed by atoms with Gasteiger partial charge in [0.2, 0.25) is 0 Å². The molecule has 1 aromatic rings. The van der Waals surface area contributed by atoms with Gasteiger partial charge in [-0.2, -0.15) is 0 Å². The van der Waals surface area contributed by atoms with Crippen molar-refractivity contribution in [2.24, 2.45) is 0 Å². The molecule has 1 aliphatic carbocycles. The molecule has 2 heterocycles. The molecule has 0 N–H and O–H groups in total. The van der Waals surface area contributed by atoms with Gasteiger partial charge in [-0.05, 0) is 5.56 Å². The van der Waals surface area contributed by atoms with Gasteiger partial charge in [0.15, 0.2) is 0 Å². The molecule has 0 aromatic carbocycles. The lowest BCUT2D eigenvalue weighted by atomic mass is 10.0. The highest BCUT2D eigenvalue weighted by Gasteiger charge is 2.20. The maximum atomic E-state index is 5.25. The molecule has 0 fully saturated rings. The summed E-state index contributed by atoms with van der Waals surface area (Å²) in [5.41, 5.74) is 4.10. The van der Waals surface area contributed by atoms with Crippen molar-refractivity contribution < 1.29 is 4.74 Å². The Bertz CT molecular complexity index is 322. The lowest BCUT2D eigenvalue weighted by molar-refractivity contribution is 0.108. The molecule has 2 aliphatic rings. The van der Waals surface area contributed by atoms with Crippen LogP contribution in [0.2, 0.25) is 0 Å². The van der Waals surface area contributed by atoms with Crippen LogP contribution in [-0.2, 0) is 18.1 Å². The van der Waals surface area contributed by atoms with E-state index in [0.29, 0.717) is 0 Å². The van der Waals surface area contributed by atoms with E-state index in [2.05, 4.69) is 22.9 Å². The van der Waals surface area contributed by atoms with Crippen LogP contribution < -0.4 is 0 Å². The van der Waals surface area contributed by atoms with Gasteiger partial charge in [-0.3, -0.25) is 0 Å². The lowest BCUT2D eigenvalue weighted by Crippen LogP contribution is -1.88. The van der Waals surface area contributed by atoms with Crippen molar-refractivity contribution in [1.29, 1.82) is 0 Å². The van der Waals surface area contributed by atoms with Gasteiger partial charge in [0.1, 0.15) is 6.73 Å². The summed E-state index contributed by atoms with van der Waals surface area (Å²) in [6.45, 7) is 1.53. The summed E-state index contributed by atoms with van der Waals surface area (Å²) in [5, 5.41) is 0. The fourth-order valence-corrected chi connectivity index (χ4v) is 1.56. The Morgan fingerprint density at radius 1 is 1.40 bits per heavy atom. The van der Waals surface area contributed by atoms with E-state index >= 15 is 0 Å². The van der Waals surface area contributed by atoms with E-state index in [-0.39, 0.29) is 0 Å². The Morgan fingerprint density at radius 2 is 2.40 bits per heavy atom. The smallest absolute Gasteiger partial charge is 0.123 e. The fraction of sp³-hybridized carbons (Fsp3) is 0.250. The van der Waals surface area contributed by atoms with Crippen LogP contribution in [0.4, 0.5) is 0 Å². The average Bonchev–Trinajstić information content (AvgIpc) is 2.35. The van der Waals surface area contributed by atoms with Crippen LogP contribution >= 0.6 is 0 Å². The molecule has 0 saturated heterocycles. The normalized spacial score (nSPS) is 18.4. The largest absolute Gasteiger partial charge is 0.355 e. The molecule has 2 nitrogen and oxygen atoms in total. The molecule has 0 atom stereocenters. The number of fused-ring (bicyclic) bond motifs is 3. The minimum absolute atomic E-state index is 0.740. The highest BCUT2D eigenvalue weighted by molar-refractivity contribution is 5.87. The Hall–Kier alpha value is -1.02. The number of hydrogen-bond donors (Lipinski definition) is 0. The standard InChI is InChI=1S/C8H7NO/c1-2-7-6(1)3-9-5-10-4-8(7)9/h1-3H,4-5H2. The molecule has 0 radical (unpaired) electrons. The molecule has 2 heteroatoms. The fourth-order valence-electron chi connectivity index (χ4n) is 1.56. The predicted octanol–water partition coefficient (Wildman–Crippen LogP) is 1.46. The first-order valence-electron chi connectivity index (χ1n) is 3.43. The number of aromatic nitrogens is 1. The summed E-state index contributed by atoms with van der Waals surface area (Å²) in [5.74, 6) is 0. The second-order valence-electron chi connectivity index (χ2n) is 2.73. The monoisotopic (exact) mass is 133 g/mol. The van der Waals surface area contributed by atoms with Crippen molar-refractivity contribution in [2.75, 3.05) is 0 Å². The third kappa shape index (κ3) is 0.370. The van der Waals surface area contributed by atoms with Crippen LogP contribution in [0.1, 0.15) is 16.8 Å². The van der Waals surface area contributed by atoms with Crippen LogP contribution in [0.5, 0.6) is 0 Å². The quantitative estimate of drug-likeness (QED) is 0.530. The lowest BCUT2D eigenvalue weighted by Gasteiger charge is -2.03. The minimum atomic E-state index is 0.740. The van der Waals surface area contributed by atoms with E-state index < -0.39 is 0 Å². The summed E-state index contributed by atoms with van der Waals surface area (Å²) in [4.78, 5) is 0. The first-order chi connectivity index (χ1) is 4.95. The van der Waals surface area contributed by atoms with Gasteiger partial charge in [-0.25, -0.2) is 0 Å². The summed E-state index contributed by atoms with van der Waals surface area (Å²) >= 11 is 0.